The standard InChI is InChI=1S/C25H28N4O5/c1-17-20(16-26-29(17)19-9-6-5-7-10-19)25(31)28-12-8-11-27(28)23(30)15-18-13-21(32-2)24(34-4)22(14-18)33-3/h5-7,9-10,13-14,16H,8,11-12,15H2,1-4H3. The van der Waals surface area contributed by atoms with Crippen molar-refractivity contribution in [3.05, 3.63) is 65.5 Å². The van der Waals surface area contributed by atoms with Gasteiger partial charge in [0.05, 0.1) is 50.9 Å². The van der Waals surface area contributed by atoms with Gasteiger partial charge < -0.3 is 14.2 Å². The van der Waals surface area contributed by atoms with Crippen LogP contribution >= 0.6 is 0 Å². The molecule has 1 saturated heterocycles. The van der Waals surface area contributed by atoms with E-state index in [1.54, 1.807) is 23.0 Å². The Morgan fingerprint density at radius 1 is 0.941 bits per heavy atom. The number of nitrogens with zero attached hydrogens (tertiary/aromatic N) is 4. The zero-order valence-corrected chi connectivity index (χ0v) is 19.8. The highest BCUT2D eigenvalue weighted by Crippen LogP contribution is 2.38. The normalized spacial score (nSPS) is 13.2. The van der Waals surface area contributed by atoms with Crippen molar-refractivity contribution in [2.75, 3.05) is 34.4 Å². The van der Waals surface area contributed by atoms with Crippen LogP contribution in [0.5, 0.6) is 17.2 Å². The molecule has 1 aromatic heterocycles. The van der Waals surface area contributed by atoms with Gasteiger partial charge >= 0.3 is 0 Å². The Hall–Kier alpha value is -4.01. The summed E-state index contributed by atoms with van der Waals surface area (Å²) in [5, 5.41) is 7.43. The molecule has 0 bridgehead atoms. The average molecular weight is 465 g/mol. The van der Waals surface area contributed by atoms with Crippen molar-refractivity contribution in [1.82, 2.24) is 19.8 Å². The first kappa shape index (κ1) is 23.2. The lowest BCUT2D eigenvalue weighted by Gasteiger charge is -2.28. The molecular weight excluding hydrogens is 436 g/mol. The third-order valence-corrected chi connectivity index (χ3v) is 5.87. The molecule has 178 valence electrons. The Bertz CT molecular complexity index is 1170. The van der Waals surface area contributed by atoms with E-state index < -0.39 is 0 Å². The van der Waals surface area contributed by atoms with E-state index in [4.69, 9.17) is 14.2 Å². The quantitative estimate of drug-likeness (QED) is 0.534. The molecule has 1 aliphatic rings. The molecule has 0 spiro atoms. The Morgan fingerprint density at radius 2 is 1.59 bits per heavy atom. The first-order valence-electron chi connectivity index (χ1n) is 11.0. The summed E-state index contributed by atoms with van der Waals surface area (Å²) in [6.45, 7) is 2.79. The van der Waals surface area contributed by atoms with E-state index in [-0.39, 0.29) is 18.2 Å². The zero-order valence-electron chi connectivity index (χ0n) is 19.8. The molecule has 9 nitrogen and oxygen atoms in total. The van der Waals surface area contributed by atoms with E-state index in [0.717, 1.165) is 11.4 Å². The van der Waals surface area contributed by atoms with Crippen LogP contribution in [0.15, 0.2) is 48.7 Å². The minimum absolute atomic E-state index is 0.0861. The van der Waals surface area contributed by atoms with E-state index >= 15 is 0 Å². The third-order valence-electron chi connectivity index (χ3n) is 5.87. The molecule has 0 aliphatic carbocycles. The zero-order chi connectivity index (χ0) is 24.2. The smallest absolute Gasteiger partial charge is 0.275 e. The first-order valence-corrected chi connectivity index (χ1v) is 11.0. The maximum Gasteiger partial charge on any atom is 0.275 e. The second-order valence-electron chi connectivity index (χ2n) is 7.90. The molecule has 0 radical (unpaired) electrons. The van der Waals surface area contributed by atoms with Gasteiger partial charge in [-0.2, -0.15) is 5.10 Å². The molecule has 2 aromatic carbocycles. The summed E-state index contributed by atoms with van der Waals surface area (Å²) in [6, 6.07) is 13.1. The molecule has 2 amide bonds. The number of hydrazine groups is 1. The fourth-order valence-corrected chi connectivity index (χ4v) is 4.17. The largest absolute Gasteiger partial charge is 0.493 e. The summed E-state index contributed by atoms with van der Waals surface area (Å²) in [5.41, 5.74) is 2.76. The van der Waals surface area contributed by atoms with Gasteiger partial charge in [0.15, 0.2) is 11.5 Å². The monoisotopic (exact) mass is 464 g/mol. The Balaban J connectivity index is 1.55. The highest BCUT2D eigenvalue weighted by Gasteiger charge is 2.33. The van der Waals surface area contributed by atoms with Gasteiger partial charge in [-0.1, -0.05) is 18.2 Å². The summed E-state index contributed by atoms with van der Waals surface area (Å²) in [5.74, 6) is 0.986. The molecule has 0 atom stereocenters. The van der Waals surface area contributed by atoms with Crippen molar-refractivity contribution in [2.24, 2.45) is 0 Å². The first-order chi connectivity index (χ1) is 16.5. The van der Waals surface area contributed by atoms with Crippen LogP contribution in [0.2, 0.25) is 0 Å². The van der Waals surface area contributed by atoms with Crippen LogP contribution in [0.25, 0.3) is 5.69 Å². The highest BCUT2D eigenvalue weighted by molar-refractivity contribution is 5.96. The Morgan fingerprint density at radius 3 is 2.21 bits per heavy atom. The Kier molecular flexibility index (Phi) is 6.72. The van der Waals surface area contributed by atoms with E-state index in [2.05, 4.69) is 5.10 Å². The van der Waals surface area contributed by atoms with Crippen molar-refractivity contribution in [3.63, 3.8) is 0 Å². The van der Waals surface area contributed by atoms with Crippen LogP contribution in [0.1, 0.15) is 28.0 Å². The number of amides is 2. The van der Waals surface area contributed by atoms with Gasteiger partial charge in [-0.05, 0) is 43.2 Å². The predicted octanol–water partition coefficient (Wildman–Crippen LogP) is 3.04. The number of methoxy groups -OCH3 is 3. The number of para-hydroxylation sites is 1. The number of ether oxygens (including phenoxy) is 3. The van der Waals surface area contributed by atoms with Gasteiger partial charge in [0.2, 0.25) is 11.7 Å². The highest BCUT2D eigenvalue weighted by atomic mass is 16.5. The number of rotatable bonds is 7. The molecule has 0 saturated carbocycles. The summed E-state index contributed by atoms with van der Waals surface area (Å²) < 4.78 is 17.9. The number of hydrogen-bond acceptors (Lipinski definition) is 6. The van der Waals surface area contributed by atoms with Crippen LogP contribution in [-0.4, -0.2) is 66.0 Å². The lowest BCUT2D eigenvalue weighted by atomic mass is 10.1. The van der Waals surface area contributed by atoms with Gasteiger partial charge in [-0.15, -0.1) is 0 Å². The van der Waals surface area contributed by atoms with Gasteiger partial charge in [-0.3, -0.25) is 14.6 Å². The van der Waals surface area contributed by atoms with Gasteiger partial charge in [0.1, 0.15) is 0 Å². The number of carbonyl (C=O) groups excluding carboxylic acids is 2. The molecular formula is C25H28N4O5. The van der Waals surface area contributed by atoms with Crippen molar-refractivity contribution in [1.29, 1.82) is 0 Å². The average Bonchev–Trinajstić information content (AvgIpc) is 3.50. The van der Waals surface area contributed by atoms with Crippen LogP contribution in [-0.2, 0) is 11.2 Å². The number of aromatic nitrogens is 2. The summed E-state index contributed by atoms with van der Waals surface area (Å²) >= 11 is 0. The fourth-order valence-electron chi connectivity index (χ4n) is 4.17. The lowest BCUT2D eigenvalue weighted by molar-refractivity contribution is -0.139. The summed E-state index contributed by atoms with van der Waals surface area (Å²) in [6.07, 6.45) is 2.35. The van der Waals surface area contributed by atoms with Gasteiger partial charge in [0.25, 0.3) is 5.91 Å². The van der Waals surface area contributed by atoms with Crippen LogP contribution < -0.4 is 14.2 Å². The van der Waals surface area contributed by atoms with E-state index in [1.807, 2.05) is 37.3 Å². The molecule has 4 rings (SSSR count). The maximum atomic E-state index is 13.4. The van der Waals surface area contributed by atoms with Gasteiger partial charge in [-0.25, -0.2) is 9.69 Å². The van der Waals surface area contributed by atoms with Crippen LogP contribution in [0.3, 0.4) is 0 Å². The van der Waals surface area contributed by atoms with Crippen molar-refractivity contribution >= 4 is 11.8 Å². The Labute approximate surface area is 198 Å². The molecule has 2 heterocycles. The lowest BCUT2D eigenvalue weighted by Crippen LogP contribution is -2.45. The minimum Gasteiger partial charge on any atom is -0.493 e. The van der Waals surface area contributed by atoms with E-state index in [9.17, 15) is 9.59 Å². The minimum atomic E-state index is -0.240. The molecule has 0 unspecified atom stereocenters. The number of benzene rings is 2. The summed E-state index contributed by atoms with van der Waals surface area (Å²) in [4.78, 5) is 26.6. The fraction of sp³-hybridized carbons (Fsp3) is 0.320. The topological polar surface area (TPSA) is 86.1 Å². The predicted molar refractivity (Wildman–Crippen MR) is 125 cm³/mol. The van der Waals surface area contributed by atoms with Crippen LogP contribution in [0, 0.1) is 6.92 Å². The van der Waals surface area contributed by atoms with Crippen molar-refractivity contribution in [2.45, 2.75) is 19.8 Å². The van der Waals surface area contributed by atoms with E-state index in [0.29, 0.717) is 47.9 Å². The molecule has 34 heavy (non-hydrogen) atoms. The second-order valence-corrected chi connectivity index (χ2v) is 7.90. The van der Waals surface area contributed by atoms with E-state index in [1.165, 1.54) is 31.3 Å². The van der Waals surface area contributed by atoms with Crippen molar-refractivity contribution in [3.8, 4) is 22.9 Å². The molecule has 3 aromatic rings. The molecule has 1 aliphatic heterocycles. The number of hydrogen-bond donors (Lipinski definition) is 0. The third kappa shape index (κ3) is 4.28. The SMILES string of the molecule is COc1cc(CC(=O)N2CCCN2C(=O)c2cnn(-c3ccccc3)c2C)cc(OC)c1OC. The molecule has 0 N–H and O–H groups in total. The maximum absolute atomic E-state index is 13.4. The van der Waals surface area contributed by atoms with Crippen molar-refractivity contribution < 1.29 is 23.8 Å². The molecule has 1 fully saturated rings. The number of carbonyl (C=O) groups is 2. The van der Waals surface area contributed by atoms with Crippen LogP contribution in [0.4, 0.5) is 0 Å². The van der Waals surface area contributed by atoms with Gasteiger partial charge in [0, 0.05) is 13.1 Å². The molecule has 9 heteroatoms. The second kappa shape index (κ2) is 9.86. The summed E-state index contributed by atoms with van der Waals surface area (Å²) in [7, 11) is 4.59.